The van der Waals surface area contributed by atoms with Gasteiger partial charge >= 0.3 is 0 Å². The molecular formula is C18H23N3O3. The van der Waals surface area contributed by atoms with Crippen LogP contribution in [-0.2, 0) is 14.3 Å². The summed E-state index contributed by atoms with van der Waals surface area (Å²) in [5, 5.41) is 3.22. The predicted molar refractivity (Wildman–Crippen MR) is 87.2 cm³/mol. The number of carbonyl (C=O) groups excluding carboxylic acids is 2. The maximum atomic E-state index is 12.5. The third kappa shape index (κ3) is 2.79. The van der Waals surface area contributed by atoms with Crippen LogP contribution in [-0.4, -0.2) is 53.5 Å². The SMILES string of the molecule is O=C1NC2(CCN(C(=O)[C@H]3CCOC3)CC2)C[C@H]1c1ccncc1. The number of piperidine rings is 1. The molecule has 0 aliphatic carbocycles. The number of pyridine rings is 1. The molecular weight excluding hydrogens is 306 g/mol. The lowest BCUT2D eigenvalue weighted by atomic mass is 9.82. The van der Waals surface area contributed by atoms with E-state index < -0.39 is 0 Å². The van der Waals surface area contributed by atoms with Crippen molar-refractivity contribution in [3.63, 3.8) is 0 Å². The Kier molecular flexibility index (Phi) is 4.00. The zero-order valence-electron chi connectivity index (χ0n) is 13.7. The molecule has 6 nitrogen and oxygen atoms in total. The fourth-order valence-electron chi connectivity index (χ4n) is 4.22. The van der Waals surface area contributed by atoms with E-state index in [1.807, 2.05) is 17.0 Å². The molecule has 0 aromatic carbocycles. The molecule has 1 spiro atoms. The van der Waals surface area contributed by atoms with E-state index >= 15 is 0 Å². The molecule has 3 fully saturated rings. The molecule has 24 heavy (non-hydrogen) atoms. The number of rotatable bonds is 2. The number of hydrogen-bond donors (Lipinski definition) is 1. The normalized spacial score (nSPS) is 29.0. The summed E-state index contributed by atoms with van der Waals surface area (Å²) in [5.41, 5.74) is 0.870. The van der Waals surface area contributed by atoms with Crippen molar-refractivity contribution in [3.8, 4) is 0 Å². The zero-order chi connectivity index (χ0) is 16.6. The molecule has 2 amide bonds. The number of hydrogen-bond acceptors (Lipinski definition) is 4. The minimum atomic E-state index is -0.159. The number of carbonyl (C=O) groups is 2. The second kappa shape index (κ2) is 6.16. The summed E-state index contributed by atoms with van der Waals surface area (Å²) in [6.07, 6.45) is 6.78. The van der Waals surface area contributed by atoms with Gasteiger partial charge in [0.1, 0.15) is 0 Å². The fraction of sp³-hybridized carbons (Fsp3) is 0.611. The number of ether oxygens (including phenoxy) is 1. The van der Waals surface area contributed by atoms with Gasteiger partial charge in [0.15, 0.2) is 0 Å². The highest BCUT2D eigenvalue weighted by atomic mass is 16.5. The monoisotopic (exact) mass is 329 g/mol. The standard InChI is InChI=1S/C18H23N3O3/c22-16-15(13-1-6-19-7-2-13)11-18(20-16)4-8-21(9-5-18)17(23)14-3-10-24-12-14/h1-2,6-7,14-15H,3-5,8-12H2,(H,20,22)/t14-,15-/m0/s1. The van der Waals surface area contributed by atoms with Crippen molar-refractivity contribution >= 4 is 11.8 Å². The van der Waals surface area contributed by atoms with Crippen molar-refractivity contribution in [2.45, 2.75) is 37.1 Å². The van der Waals surface area contributed by atoms with Crippen molar-refractivity contribution in [1.29, 1.82) is 0 Å². The van der Waals surface area contributed by atoms with Crippen molar-refractivity contribution in [1.82, 2.24) is 15.2 Å². The molecule has 3 aliphatic rings. The molecule has 4 rings (SSSR count). The maximum Gasteiger partial charge on any atom is 0.228 e. The van der Waals surface area contributed by atoms with Crippen LogP contribution >= 0.6 is 0 Å². The van der Waals surface area contributed by atoms with Gasteiger partial charge in [-0.1, -0.05) is 0 Å². The summed E-state index contributed by atoms with van der Waals surface area (Å²) in [7, 11) is 0. The highest BCUT2D eigenvalue weighted by Gasteiger charge is 2.47. The summed E-state index contributed by atoms with van der Waals surface area (Å²) in [4.78, 5) is 30.9. The summed E-state index contributed by atoms with van der Waals surface area (Å²) >= 11 is 0. The number of nitrogens with zero attached hydrogens (tertiary/aromatic N) is 2. The van der Waals surface area contributed by atoms with E-state index in [4.69, 9.17) is 4.74 Å². The molecule has 2 atom stereocenters. The third-order valence-corrected chi connectivity index (χ3v) is 5.72. The van der Waals surface area contributed by atoms with Gasteiger partial charge in [0.2, 0.25) is 11.8 Å². The van der Waals surface area contributed by atoms with Gasteiger partial charge in [-0.3, -0.25) is 14.6 Å². The first kappa shape index (κ1) is 15.6. The Morgan fingerprint density at radius 1 is 1.29 bits per heavy atom. The van der Waals surface area contributed by atoms with Crippen LogP contribution in [0.1, 0.15) is 37.2 Å². The van der Waals surface area contributed by atoms with E-state index in [0.717, 1.165) is 44.3 Å². The van der Waals surface area contributed by atoms with Crippen LogP contribution in [0.3, 0.4) is 0 Å². The van der Waals surface area contributed by atoms with Crippen molar-refractivity contribution in [2.75, 3.05) is 26.3 Å². The molecule has 3 saturated heterocycles. The predicted octanol–water partition coefficient (Wildman–Crippen LogP) is 1.08. The maximum absolute atomic E-state index is 12.5. The van der Waals surface area contributed by atoms with E-state index in [1.165, 1.54) is 0 Å². The molecule has 1 N–H and O–H groups in total. The number of nitrogens with one attached hydrogen (secondary N) is 1. The number of amides is 2. The van der Waals surface area contributed by atoms with Crippen LogP contribution < -0.4 is 5.32 Å². The Labute approximate surface area is 141 Å². The van der Waals surface area contributed by atoms with E-state index in [-0.39, 0.29) is 29.2 Å². The molecule has 6 heteroatoms. The van der Waals surface area contributed by atoms with E-state index in [0.29, 0.717) is 13.2 Å². The van der Waals surface area contributed by atoms with Crippen LogP contribution in [0, 0.1) is 5.92 Å². The Hall–Kier alpha value is -1.95. The smallest absolute Gasteiger partial charge is 0.228 e. The zero-order valence-corrected chi connectivity index (χ0v) is 13.7. The van der Waals surface area contributed by atoms with Gasteiger partial charge in [0.05, 0.1) is 18.4 Å². The summed E-state index contributed by atoms with van der Waals surface area (Å²) in [5.74, 6) is 0.253. The molecule has 3 aliphatic heterocycles. The van der Waals surface area contributed by atoms with Gasteiger partial charge < -0.3 is 15.0 Å². The molecule has 1 aromatic rings. The van der Waals surface area contributed by atoms with Crippen LogP contribution in [0.15, 0.2) is 24.5 Å². The molecule has 1 aromatic heterocycles. The van der Waals surface area contributed by atoms with Gasteiger partial charge in [-0.05, 0) is 43.4 Å². The lowest BCUT2D eigenvalue weighted by Gasteiger charge is -2.40. The second-order valence-corrected chi connectivity index (χ2v) is 7.19. The fourth-order valence-corrected chi connectivity index (χ4v) is 4.22. The van der Waals surface area contributed by atoms with Gasteiger partial charge in [0, 0.05) is 37.6 Å². The Bertz CT molecular complexity index is 620. The summed E-state index contributed by atoms with van der Waals surface area (Å²) < 4.78 is 5.33. The molecule has 0 radical (unpaired) electrons. The van der Waals surface area contributed by atoms with Crippen LogP contribution in [0.5, 0.6) is 0 Å². The van der Waals surface area contributed by atoms with Gasteiger partial charge in [-0.15, -0.1) is 0 Å². The van der Waals surface area contributed by atoms with Crippen molar-refractivity contribution in [2.24, 2.45) is 5.92 Å². The topological polar surface area (TPSA) is 71.5 Å². The molecule has 0 saturated carbocycles. The average Bonchev–Trinajstić information content (AvgIpc) is 3.25. The lowest BCUT2D eigenvalue weighted by Crippen LogP contribution is -2.53. The lowest BCUT2D eigenvalue weighted by molar-refractivity contribution is -0.137. The third-order valence-electron chi connectivity index (χ3n) is 5.72. The Morgan fingerprint density at radius 3 is 2.71 bits per heavy atom. The van der Waals surface area contributed by atoms with Crippen molar-refractivity contribution < 1.29 is 14.3 Å². The van der Waals surface area contributed by atoms with E-state index in [2.05, 4.69) is 10.3 Å². The first-order valence-electron chi connectivity index (χ1n) is 8.75. The first-order chi connectivity index (χ1) is 11.7. The van der Waals surface area contributed by atoms with Crippen LogP contribution in [0.4, 0.5) is 0 Å². The van der Waals surface area contributed by atoms with Crippen LogP contribution in [0.2, 0.25) is 0 Å². The minimum Gasteiger partial charge on any atom is -0.381 e. The molecule has 0 unspecified atom stereocenters. The molecule has 128 valence electrons. The first-order valence-corrected chi connectivity index (χ1v) is 8.75. The molecule has 0 bridgehead atoms. The van der Waals surface area contributed by atoms with Gasteiger partial charge in [-0.25, -0.2) is 0 Å². The van der Waals surface area contributed by atoms with Crippen molar-refractivity contribution in [3.05, 3.63) is 30.1 Å². The minimum absolute atomic E-state index is 0.0294. The second-order valence-electron chi connectivity index (χ2n) is 7.19. The quantitative estimate of drug-likeness (QED) is 0.881. The molecule has 4 heterocycles. The van der Waals surface area contributed by atoms with Gasteiger partial charge in [0.25, 0.3) is 0 Å². The van der Waals surface area contributed by atoms with E-state index in [9.17, 15) is 9.59 Å². The highest BCUT2D eigenvalue weighted by Crippen LogP contribution is 2.39. The highest BCUT2D eigenvalue weighted by molar-refractivity contribution is 5.87. The summed E-state index contributed by atoms with van der Waals surface area (Å²) in [6, 6.07) is 3.84. The largest absolute Gasteiger partial charge is 0.381 e. The Balaban J connectivity index is 1.40. The van der Waals surface area contributed by atoms with Gasteiger partial charge in [-0.2, -0.15) is 0 Å². The van der Waals surface area contributed by atoms with E-state index in [1.54, 1.807) is 12.4 Å². The number of likely N-dealkylation sites (tertiary alicyclic amines) is 1. The van der Waals surface area contributed by atoms with Crippen LogP contribution in [0.25, 0.3) is 0 Å². The Morgan fingerprint density at radius 2 is 2.04 bits per heavy atom. The summed E-state index contributed by atoms with van der Waals surface area (Å²) in [6.45, 7) is 2.69. The number of aromatic nitrogens is 1. The average molecular weight is 329 g/mol.